The van der Waals surface area contributed by atoms with Crippen molar-refractivity contribution in [3.63, 3.8) is 0 Å². The van der Waals surface area contributed by atoms with Crippen molar-refractivity contribution in [3.8, 4) is 22.9 Å². The zero-order chi connectivity index (χ0) is 34.6. The van der Waals surface area contributed by atoms with Crippen molar-refractivity contribution >= 4 is 11.8 Å². The van der Waals surface area contributed by atoms with Gasteiger partial charge in [0.2, 0.25) is 5.91 Å². The summed E-state index contributed by atoms with van der Waals surface area (Å²) in [5.41, 5.74) is 6.85. The molecular weight excluding hydrogens is 632 g/mol. The zero-order valence-electron chi connectivity index (χ0n) is 28.6. The van der Waals surface area contributed by atoms with E-state index >= 15 is 0 Å². The average molecular weight is 673 g/mol. The Bertz CT molecular complexity index is 1990. The van der Waals surface area contributed by atoms with Crippen LogP contribution in [0.2, 0.25) is 0 Å². The molecule has 3 aliphatic rings. The molecule has 0 fully saturated rings. The van der Waals surface area contributed by atoms with Gasteiger partial charge in [0, 0.05) is 49.2 Å². The van der Waals surface area contributed by atoms with E-state index in [0.29, 0.717) is 75.6 Å². The second-order valence-corrected chi connectivity index (χ2v) is 12.8. The molecule has 11 nitrogen and oxygen atoms in total. The molecule has 50 heavy (non-hydrogen) atoms. The van der Waals surface area contributed by atoms with Crippen LogP contribution in [0.3, 0.4) is 0 Å². The summed E-state index contributed by atoms with van der Waals surface area (Å²) in [7, 11) is 0. The molecule has 3 aromatic heterocycles. The van der Waals surface area contributed by atoms with Gasteiger partial charge < -0.3 is 23.8 Å². The highest BCUT2D eigenvalue weighted by Gasteiger charge is 2.33. The highest BCUT2D eigenvalue weighted by atomic mass is 16.5. The SMILES string of the molecule is Cc1nc(-c2cccnc2)ncc1C(=O)N1CCCOc2cccc(c2)C2c3ccc(cc3CCN2C(=O)CCc2c(C)noc2C)OCC1. The van der Waals surface area contributed by atoms with Crippen LogP contribution in [0.15, 0.2) is 77.7 Å². The first-order chi connectivity index (χ1) is 24.4. The van der Waals surface area contributed by atoms with Crippen LogP contribution in [-0.2, 0) is 17.6 Å². The van der Waals surface area contributed by atoms with E-state index in [1.54, 1.807) is 23.5 Å². The van der Waals surface area contributed by atoms with Crippen LogP contribution < -0.4 is 9.47 Å². The molecule has 0 saturated heterocycles. The summed E-state index contributed by atoms with van der Waals surface area (Å²) in [6.45, 7) is 7.77. The van der Waals surface area contributed by atoms with Crippen LogP contribution >= 0.6 is 0 Å². The molecule has 1 atom stereocenters. The molecule has 0 spiro atoms. The number of carbonyl (C=O) groups excluding carboxylic acids is 2. The number of rotatable bonds is 5. The Morgan fingerprint density at radius 3 is 2.56 bits per heavy atom. The molecule has 6 bridgehead atoms. The van der Waals surface area contributed by atoms with Gasteiger partial charge in [-0.3, -0.25) is 14.6 Å². The third kappa shape index (κ3) is 6.94. The van der Waals surface area contributed by atoms with Crippen molar-refractivity contribution < 1.29 is 23.6 Å². The first-order valence-corrected chi connectivity index (χ1v) is 17.1. The van der Waals surface area contributed by atoms with Gasteiger partial charge >= 0.3 is 0 Å². The van der Waals surface area contributed by atoms with Crippen molar-refractivity contribution in [2.24, 2.45) is 0 Å². The summed E-state index contributed by atoms with van der Waals surface area (Å²) in [6.07, 6.45) is 7.25. The smallest absolute Gasteiger partial charge is 0.257 e. The molecule has 8 rings (SSSR count). The monoisotopic (exact) mass is 672 g/mol. The molecule has 3 aliphatic heterocycles. The minimum Gasteiger partial charge on any atom is -0.494 e. The summed E-state index contributed by atoms with van der Waals surface area (Å²) in [4.78, 5) is 44.7. The van der Waals surface area contributed by atoms with Crippen molar-refractivity contribution in [1.29, 1.82) is 0 Å². The maximum Gasteiger partial charge on any atom is 0.257 e. The molecule has 5 aromatic rings. The Labute approximate surface area is 291 Å². The van der Waals surface area contributed by atoms with Gasteiger partial charge in [0.15, 0.2) is 5.82 Å². The average Bonchev–Trinajstić information content (AvgIpc) is 3.46. The van der Waals surface area contributed by atoms with E-state index in [0.717, 1.165) is 50.8 Å². The fraction of sp³-hybridized carbons (Fsp3) is 0.333. The fourth-order valence-electron chi connectivity index (χ4n) is 6.85. The van der Waals surface area contributed by atoms with Gasteiger partial charge in [0.1, 0.15) is 23.9 Å². The predicted octanol–water partition coefficient (Wildman–Crippen LogP) is 5.86. The number of aryl methyl sites for hydroxylation is 3. The Morgan fingerprint density at radius 2 is 1.76 bits per heavy atom. The number of fused-ring (bicyclic) bond motifs is 8. The Kier molecular flexibility index (Phi) is 9.55. The third-order valence-corrected chi connectivity index (χ3v) is 9.49. The third-order valence-electron chi connectivity index (χ3n) is 9.49. The Hall–Kier alpha value is -5.58. The number of nitrogens with zero attached hydrogens (tertiary/aromatic N) is 6. The normalized spacial score (nSPS) is 16.1. The quantitative estimate of drug-likeness (QED) is 0.226. The maximum atomic E-state index is 13.8. The van der Waals surface area contributed by atoms with Crippen LogP contribution in [0.4, 0.5) is 0 Å². The summed E-state index contributed by atoms with van der Waals surface area (Å²) in [5.74, 6) is 2.67. The van der Waals surface area contributed by atoms with Crippen LogP contribution in [0.25, 0.3) is 11.4 Å². The zero-order valence-corrected chi connectivity index (χ0v) is 28.6. The number of hydrogen-bond donors (Lipinski definition) is 0. The molecule has 1 unspecified atom stereocenters. The molecule has 256 valence electrons. The van der Waals surface area contributed by atoms with Crippen molar-refractivity contribution in [2.45, 2.75) is 52.5 Å². The lowest BCUT2D eigenvalue weighted by molar-refractivity contribution is -0.133. The molecular formula is C39H40N6O5. The maximum absolute atomic E-state index is 13.8. The van der Waals surface area contributed by atoms with E-state index in [-0.39, 0.29) is 17.9 Å². The second-order valence-electron chi connectivity index (χ2n) is 12.8. The van der Waals surface area contributed by atoms with E-state index in [4.69, 9.17) is 14.0 Å². The number of amides is 2. The first kappa shape index (κ1) is 32.9. The highest BCUT2D eigenvalue weighted by molar-refractivity contribution is 5.95. The van der Waals surface area contributed by atoms with Crippen molar-refractivity contribution in [2.75, 3.05) is 32.8 Å². The number of pyridine rings is 1. The lowest BCUT2D eigenvalue weighted by Gasteiger charge is -2.38. The summed E-state index contributed by atoms with van der Waals surface area (Å²) >= 11 is 0. The fourth-order valence-corrected chi connectivity index (χ4v) is 6.85. The standard InChI is InChI=1S/C39H40N6O5/c1-25-35(24-41-38(42-25)30-8-5-15-40-23-30)39(47)44-16-6-19-48-31-9-4-7-29(22-31)37-34-11-10-32(49-20-18-44)21-28(34)14-17-45(37)36(46)13-12-33-26(2)43-50-27(33)3/h4-5,7-11,15,21-24,37H,6,12-14,16-20H2,1-3H3. The number of aromatic nitrogens is 4. The van der Waals surface area contributed by atoms with Crippen LogP contribution in [0, 0.1) is 20.8 Å². The number of hydrogen-bond acceptors (Lipinski definition) is 9. The summed E-state index contributed by atoms with van der Waals surface area (Å²) in [5, 5.41) is 4.06. The molecule has 6 heterocycles. The Morgan fingerprint density at radius 1 is 0.900 bits per heavy atom. The molecule has 0 saturated carbocycles. The predicted molar refractivity (Wildman–Crippen MR) is 186 cm³/mol. The lowest BCUT2D eigenvalue weighted by atomic mass is 9.87. The van der Waals surface area contributed by atoms with Gasteiger partial charge in [-0.25, -0.2) is 9.97 Å². The lowest BCUT2D eigenvalue weighted by Crippen LogP contribution is -2.40. The van der Waals surface area contributed by atoms with E-state index in [9.17, 15) is 9.59 Å². The molecule has 0 N–H and O–H groups in total. The summed E-state index contributed by atoms with van der Waals surface area (Å²) < 4.78 is 17.8. The van der Waals surface area contributed by atoms with Crippen molar-refractivity contribution in [1.82, 2.24) is 29.9 Å². The van der Waals surface area contributed by atoms with E-state index in [1.165, 1.54) is 0 Å². The van der Waals surface area contributed by atoms with Gasteiger partial charge in [-0.05, 0) is 93.1 Å². The highest BCUT2D eigenvalue weighted by Crippen LogP contribution is 2.38. The number of benzene rings is 2. The van der Waals surface area contributed by atoms with Gasteiger partial charge in [0.05, 0.1) is 36.1 Å². The van der Waals surface area contributed by atoms with E-state index < -0.39 is 0 Å². The largest absolute Gasteiger partial charge is 0.494 e. The molecule has 2 aromatic carbocycles. The van der Waals surface area contributed by atoms with E-state index in [1.807, 2.05) is 62.1 Å². The van der Waals surface area contributed by atoms with E-state index in [2.05, 4.69) is 38.3 Å². The summed E-state index contributed by atoms with van der Waals surface area (Å²) in [6, 6.07) is 17.5. The van der Waals surface area contributed by atoms with Gasteiger partial charge in [-0.2, -0.15) is 0 Å². The Balaban J connectivity index is 1.12. The number of ether oxygens (including phenoxy) is 2. The molecule has 2 amide bonds. The van der Waals surface area contributed by atoms with Gasteiger partial charge in [-0.15, -0.1) is 0 Å². The molecule has 0 aliphatic carbocycles. The topological polar surface area (TPSA) is 124 Å². The van der Waals surface area contributed by atoms with Gasteiger partial charge in [0.25, 0.3) is 5.91 Å². The van der Waals surface area contributed by atoms with Crippen LogP contribution in [-0.4, -0.2) is 74.6 Å². The minimum absolute atomic E-state index is 0.0822. The second kappa shape index (κ2) is 14.5. The molecule has 11 heteroatoms. The number of carbonyl (C=O) groups is 2. The van der Waals surface area contributed by atoms with Crippen molar-refractivity contribution in [3.05, 3.63) is 118 Å². The van der Waals surface area contributed by atoms with Crippen LogP contribution in [0.1, 0.15) is 68.6 Å². The van der Waals surface area contributed by atoms with Crippen LogP contribution in [0.5, 0.6) is 11.5 Å². The first-order valence-electron chi connectivity index (χ1n) is 17.1. The minimum atomic E-state index is -0.260. The van der Waals surface area contributed by atoms with Gasteiger partial charge in [-0.1, -0.05) is 23.4 Å². The molecule has 0 radical (unpaired) electrons.